The van der Waals surface area contributed by atoms with E-state index in [1.54, 1.807) is 19.1 Å². The lowest BCUT2D eigenvalue weighted by Crippen LogP contribution is -2.25. The van der Waals surface area contributed by atoms with Gasteiger partial charge in [0.25, 0.3) is 0 Å². The number of hydrazine groups is 1. The Morgan fingerprint density at radius 1 is 1.21 bits per heavy atom. The van der Waals surface area contributed by atoms with Crippen molar-refractivity contribution in [1.82, 2.24) is 5.43 Å². The van der Waals surface area contributed by atoms with E-state index in [1.807, 2.05) is 0 Å². The topological polar surface area (TPSA) is 24.1 Å². The SMILES string of the molecule is CC(=S)NNc1c(Cl)cc(Cl)cc1Cl. The molecule has 1 rings (SSSR count). The first-order valence-corrected chi connectivity index (χ1v) is 5.22. The molecular weight excluding hydrogens is 263 g/mol. The Morgan fingerprint density at radius 2 is 1.71 bits per heavy atom. The molecule has 2 N–H and O–H groups in total. The van der Waals surface area contributed by atoms with Crippen molar-refractivity contribution in [3.8, 4) is 0 Å². The van der Waals surface area contributed by atoms with Gasteiger partial charge in [0.05, 0.1) is 20.7 Å². The average molecular weight is 270 g/mol. The molecule has 1 aromatic carbocycles. The van der Waals surface area contributed by atoms with Gasteiger partial charge in [0, 0.05) is 5.02 Å². The standard InChI is InChI=1S/C8H7Cl3N2S/c1-4(14)12-13-8-6(10)2-5(9)3-7(8)11/h2-3,13H,1H3,(H,12,14). The summed E-state index contributed by atoms with van der Waals surface area (Å²) in [6.45, 7) is 1.74. The Kier molecular flexibility index (Phi) is 4.26. The lowest BCUT2D eigenvalue weighted by molar-refractivity contribution is 1.14. The summed E-state index contributed by atoms with van der Waals surface area (Å²) in [5, 5.41) is 1.36. The second-order valence-electron chi connectivity index (χ2n) is 2.55. The molecule has 0 amide bonds. The monoisotopic (exact) mass is 268 g/mol. The van der Waals surface area contributed by atoms with Crippen LogP contribution in [0.5, 0.6) is 0 Å². The zero-order valence-electron chi connectivity index (χ0n) is 7.20. The van der Waals surface area contributed by atoms with Crippen LogP contribution in [-0.4, -0.2) is 4.99 Å². The Morgan fingerprint density at radius 3 is 2.14 bits per heavy atom. The van der Waals surface area contributed by atoms with Gasteiger partial charge in [-0.25, -0.2) is 0 Å². The van der Waals surface area contributed by atoms with Crippen molar-refractivity contribution in [2.24, 2.45) is 0 Å². The Labute approximate surface area is 102 Å². The van der Waals surface area contributed by atoms with Gasteiger partial charge in [0.15, 0.2) is 0 Å². The molecule has 0 fully saturated rings. The molecule has 6 heteroatoms. The number of benzene rings is 1. The Hall–Kier alpha value is -0.220. The summed E-state index contributed by atoms with van der Waals surface area (Å²) in [7, 11) is 0. The summed E-state index contributed by atoms with van der Waals surface area (Å²) in [6.07, 6.45) is 0. The highest BCUT2D eigenvalue weighted by Crippen LogP contribution is 2.32. The molecule has 0 saturated carbocycles. The number of hydrogen-bond acceptors (Lipinski definition) is 2. The lowest BCUT2D eigenvalue weighted by atomic mass is 10.3. The number of rotatable bonds is 2. The van der Waals surface area contributed by atoms with Gasteiger partial charge in [-0.1, -0.05) is 47.0 Å². The Bertz CT molecular complexity index is 345. The molecule has 0 aliphatic heterocycles. The summed E-state index contributed by atoms with van der Waals surface area (Å²) < 4.78 is 0. The molecule has 76 valence electrons. The van der Waals surface area contributed by atoms with Crippen molar-refractivity contribution < 1.29 is 0 Å². The number of thiocarbonyl (C=S) groups is 1. The van der Waals surface area contributed by atoms with Crippen LogP contribution in [-0.2, 0) is 0 Å². The molecule has 0 spiro atoms. The molecule has 0 radical (unpaired) electrons. The van der Waals surface area contributed by atoms with E-state index in [0.29, 0.717) is 25.7 Å². The number of anilines is 1. The van der Waals surface area contributed by atoms with Crippen LogP contribution < -0.4 is 10.9 Å². The van der Waals surface area contributed by atoms with E-state index < -0.39 is 0 Å². The van der Waals surface area contributed by atoms with Crippen LogP contribution in [0.25, 0.3) is 0 Å². The minimum Gasteiger partial charge on any atom is -0.297 e. The molecule has 1 aromatic rings. The molecule has 2 nitrogen and oxygen atoms in total. The fraction of sp³-hybridized carbons (Fsp3) is 0.125. The van der Waals surface area contributed by atoms with Crippen LogP contribution in [0.1, 0.15) is 6.92 Å². The maximum atomic E-state index is 5.90. The minimum atomic E-state index is 0.436. The first kappa shape index (κ1) is 11.9. The highest BCUT2D eigenvalue weighted by Gasteiger charge is 2.06. The largest absolute Gasteiger partial charge is 0.297 e. The number of nitrogens with one attached hydrogen (secondary N) is 2. The van der Waals surface area contributed by atoms with Gasteiger partial charge in [-0.15, -0.1) is 0 Å². The van der Waals surface area contributed by atoms with Crippen LogP contribution in [0.3, 0.4) is 0 Å². The molecule has 0 bridgehead atoms. The van der Waals surface area contributed by atoms with Gasteiger partial charge in [0.2, 0.25) is 0 Å². The first-order valence-electron chi connectivity index (χ1n) is 3.68. The highest BCUT2D eigenvalue weighted by molar-refractivity contribution is 7.80. The molecular formula is C8H7Cl3N2S. The highest BCUT2D eigenvalue weighted by atomic mass is 35.5. The summed E-state index contributed by atoms with van der Waals surface area (Å²) in [6, 6.07) is 3.19. The van der Waals surface area contributed by atoms with Gasteiger partial charge in [0.1, 0.15) is 0 Å². The predicted molar refractivity (Wildman–Crippen MR) is 66.5 cm³/mol. The maximum Gasteiger partial charge on any atom is 0.0913 e. The molecule has 0 atom stereocenters. The van der Waals surface area contributed by atoms with Crippen molar-refractivity contribution in [3.63, 3.8) is 0 Å². The van der Waals surface area contributed by atoms with Crippen molar-refractivity contribution in [3.05, 3.63) is 27.2 Å². The van der Waals surface area contributed by atoms with Crippen LogP contribution in [0.4, 0.5) is 5.69 Å². The number of hydrogen-bond donors (Lipinski definition) is 2. The lowest BCUT2D eigenvalue weighted by Gasteiger charge is -2.11. The summed E-state index contributed by atoms with van der Waals surface area (Å²) >= 11 is 22.4. The van der Waals surface area contributed by atoms with E-state index in [9.17, 15) is 0 Å². The van der Waals surface area contributed by atoms with Crippen LogP contribution in [0, 0.1) is 0 Å². The third-order valence-corrected chi connectivity index (χ3v) is 2.29. The van der Waals surface area contributed by atoms with Crippen molar-refractivity contribution in [1.29, 1.82) is 0 Å². The quantitative estimate of drug-likeness (QED) is 0.629. The summed E-state index contributed by atoms with van der Waals surface area (Å²) in [5.74, 6) is 0. The second-order valence-corrected chi connectivity index (χ2v) is 4.41. The first-order chi connectivity index (χ1) is 6.50. The minimum absolute atomic E-state index is 0.436. The van der Waals surface area contributed by atoms with E-state index >= 15 is 0 Å². The normalized spacial score (nSPS) is 9.71. The van der Waals surface area contributed by atoms with Gasteiger partial charge in [-0.2, -0.15) is 0 Å². The van der Waals surface area contributed by atoms with Crippen molar-refractivity contribution >= 4 is 57.7 Å². The smallest absolute Gasteiger partial charge is 0.0913 e. The van der Waals surface area contributed by atoms with Gasteiger partial charge >= 0.3 is 0 Å². The third kappa shape index (κ3) is 3.17. The van der Waals surface area contributed by atoms with E-state index in [2.05, 4.69) is 10.9 Å². The molecule has 0 aromatic heterocycles. The molecule has 0 unspecified atom stereocenters. The zero-order valence-corrected chi connectivity index (χ0v) is 10.3. The van der Waals surface area contributed by atoms with E-state index in [-0.39, 0.29) is 0 Å². The summed E-state index contributed by atoms with van der Waals surface area (Å²) in [4.78, 5) is 0.590. The zero-order chi connectivity index (χ0) is 10.7. The molecule has 0 saturated heterocycles. The fourth-order valence-corrected chi connectivity index (χ4v) is 1.77. The van der Waals surface area contributed by atoms with Gasteiger partial charge in [-0.3, -0.25) is 10.9 Å². The Balaban J connectivity index is 2.91. The van der Waals surface area contributed by atoms with Gasteiger partial charge < -0.3 is 0 Å². The third-order valence-electron chi connectivity index (χ3n) is 1.37. The molecule has 14 heavy (non-hydrogen) atoms. The molecule has 0 aliphatic rings. The van der Waals surface area contributed by atoms with Crippen LogP contribution in [0.2, 0.25) is 15.1 Å². The summed E-state index contributed by atoms with van der Waals surface area (Å²) in [5.41, 5.74) is 6.08. The van der Waals surface area contributed by atoms with E-state index in [0.717, 1.165) is 0 Å². The average Bonchev–Trinajstić information content (AvgIpc) is 2.01. The van der Waals surface area contributed by atoms with E-state index in [4.69, 9.17) is 47.0 Å². The predicted octanol–water partition coefficient (Wildman–Crippen LogP) is 3.91. The maximum absolute atomic E-state index is 5.90. The second kappa shape index (κ2) is 5.03. The van der Waals surface area contributed by atoms with Crippen molar-refractivity contribution in [2.75, 3.05) is 5.43 Å². The van der Waals surface area contributed by atoms with Gasteiger partial charge in [-0.05, 0) is 19.1 Å². The molecule has 0 aliphatic carbocycles. The van der Waals surface area contributed by atoms with Crippen LogP contribution >= 0.6 is 47.0 Å². The molecule has 0 heterocycles. The number of halogens is 3. The van der Waals surface area contributed by atoms with E-state index in [1.165, 1.54) is 0 Å². The van der Waals surface area contributed by atoms with Crippen LogP contribution in [0.15, 0.2) is 12.1 Å². The van der Waals surface area contributed by atoms with Crippen molar-refractivity contribution in [2.45, 2.75) is 6.92 Å². The fourth-order valence-electron chi connectivity index (χ4n) is 0.812.